The van der Waals surface area contributed by atoms with Gasteiger partial charge < -0.3 is 4.90 Å². The van der Waals surface area contributed by atoms with Crippen molar-refractivity contribution in [1.82, 2.24) is 4.90 Å². The van der Waals surface area contributed by atoms with Crippen molar-refractivity contribution in [2.45, 2.75) is 13.8 Å². The molecule has 0 aromatic carbocycles. The van der Waals surface area contributed by atoms with Gasteiger partial charge in [0.2, 0.25) is 0 Å². The van der Waals surface area contributed by atoms with Crippen LogP contribution in [0.4, 0.5) is 0 Å². The van der Waals surface area contributed by atoms with Gasteiger partial charge in [0.05, 0.1) is 5.70 Å². The minimum absolute atomic E-state index is 0.858. The van der Waals surface area contributed by atoms with Crippen LogP contribution in [-0.4, -0.2) is 31.8 Å². The van der Waals surface area contributed by atoms with Gasteiger partial charge in [-0.15, -0.1) is 0 Å². The van der Waals surface area contributed by atoms with Crippen molar-refractivity contribution in [3.8, 4) is 0 Å². The summed E-state index contributed by atoms with van der Waals surface area (Å²) in [4.78, 5) is 6.32. The third-order valence-electron chi connectivity index (χ3n) is 1.19. The zero-order valence-electron chi connectivity index (χ0n) is 8.46. The summed E-state index contributed by atoms with van der Waals surface area (Å²) >= 11 is 0. The zero-order chi connectivity index (χ0) is 9.56. The van der Waals surface area contributed by atoms with Gasteiger partial charge in [-0.25, -0.2) is 0 Å². The number of allylic oxidation sites excluding steroid dienone is 2. The summed E-state index contributed by atoms with van der Waals surface area (Å²) in [7, 11) is 4.05. The normalized spacial score (nSPS) is 12.9. The van der Waals surface area contributed by atoms with Gasteiger partial charge >= 0.3 is 0 Å². The third-order valence-corrected chi connectivity index (χ3v) is 1.19. The molecule has 0 unspecified atom stereocenters. The van der Waals surface area contributed by atoms with Crippen LogP contribution in [0, 0.1) is 0 Å². The Morgan fingerprint density at radius 1 is 1.50 bits per heavy atom. The Bertz CT molecular complexity index is 200. The molecular weight excluding hydrogens is 148 g/mol. The molecule has 0 radical (unpaired) electrons. The molecule has 12 heavy (non-hydrogen) atoms. The van der Waals surface area contributed by atoms with Crippen LogP contribution in [0.2, 0.25) is 0 Å². The van der Waals surface area contributed by atoms with Crippen LogP contribution < -0.4 is 0 Å². The van der Waals surface area contributed by atoms with Gasteiger partial charge in [-0.3, -0.25) is 4.99 Å². The maximum atomic E-state index is 4.24. The van der Waals surface area contributed by atoms with Gasteiger partial charge in [0.1, 0.15) is 0 Å². The molecule has 0 saturated heterocycles. The number of hydrogen-bond acceptors (Lipinski definition) is 2. The van der Waals surface area contributed by atoms with E-state index in [0.29, 0.717) is 0 Å². The van der Waals surface area contributed by atoms with E-state index in [4.69, 9.17) is 0 Å². The monoisotopic (exact) mass is 166 g/mol. The SMILES string of the molecule is C=C(C)/C=C(/CN(C)C)N=CC. The Morgan fingerprint density at radius 2 is 2.08 bits per heavy atom. The first-order valence-electron chi connectivity index (χ1n) is 4.05. The summed E-state index contributed by atoms with van der Waals surface area (Å²) in [5.41, 5.74) is 2.09. The lowest BCUT2D eigenvalue weighted by Gasteiger charge is -2.09. The highest BCUT2D eigenvalue weighted by molar-refractivity contribution is 5.55. The highest BCUT2D eigenvalue weighted by atomic mass is 15.1. The molecule has 0 aromatic heterocycles. The first-order chi connectivity index (χ1) is 5.56. The molecule has 0 spiro atoms. The number of hydrogen-bond donors (Lipinski definition) is 0. The molecule has 0 saturated carbocycles. The zero-order valence-corrected chi connectivity index (χ0v) is 8.46. The van der Waals surface area contributed by atoms with Crippen molar-refractivity contribution in [1.29, 1.82) is 0 Å². The highest BCUT2D eigenvalue weighted by Gasteiger charge is 1.95. The number of rotatable bonds is 4. The van der Waals surface area contributed by atoms with Crippen LogP contribution in [0.1, 0.15) is 13.8 Å². The van der Waals surface area contributed by atoms with Gasteiger partial charge in [0.25, 0.3) is 0 Å². The Balaban J connectivity index is 4.33. The summed E-state index contributed by atoms with van der Waals surface area (Å²) < 4.78 is 0. The van der Waals surface area contributed by atoms with Crippen molar-refractivity contribution in [2.75, 3.05) is 20.6 Å². The second kappa shape index (κ2) is 5.72. The number of aliphatic imine (C=N–C) groups is 1. The maximum absolute atomic E-state index is 4.24. The number of nitrogens with zero attached hydrogens (tertiary/aromatic N) is 2. The van der Waals surface area contributed by atoms with E-state index in [1.54, 1.807) is 6.21 Å². The average Bonchev–Trinajstić information content (AvgIpc) is 1.84. The fourth-order valence-corrected chi connectivity index (χ4v) is 0.898. The van der Waals surface area contributed by atoms with Crippen LogP contribution in [0.15, 0.2) is 28.9 Å². The molecule has 0 aliphatic carbocycles. The summed E-state index contributed by atoms with van der Waals surface area (Å²) in [6.07, 6.45) is 3.80. The molecule has 0 bridgehead atoms. The molecule has 68 valence electrons. The lowest BCUT2D eigenvalue weighted by Crippen LogP contribution is -2.14. The summed E-state index contributed by atoms with van der Waals surface area (Å²) in [6, 6.07) is 0. The molecule has 0 fully saturated rings. The van der Waals surface area contributed by atoms with Gasteiger partial charge in [-0.2, -0.15) is 0 Å². The van der Waals surface area contributed by atoms with Crippen molar-refractivity contribution < 1.29 is 0 Å². The fourth-order valence-electron chi connectivity index (χ4n) is 0.898. The predicted molar refractivity (Wildman–Crippen MR) is 55.6 cm³/mol. The number of likely N-dealkylation sites (N-methyl/N-ethyl adjacent to an activating group) is 1. The van der Waals surface area contributed by atoms with Crippen molar-refractivity contribution >= 4 is 6.21 Å². The summed E-state index contributed by atoms with van der Waals surface area (Å²) in [5, 5.41) is 0. The first kappa shape index (κ1) is 11.1. The topological polar surface area (TPSA) is 15.6 Å². The molecule has 2 heteroatoms. The van der Waals surface area contributed by atoms with Crippen LogP contribution in [-0.2, 0) is 0 Å². The quantitative estimate of drug-likeness (QED) is 0.461. The van der Waals surface area contributed by atoms with Crippen molar-refractivity contribution in [3.05, 3.63) is 23.9 Å². The van der Waals surface area contributed by atoms with E-state index >= 15 is 0 Å². The average molecular weight is 166 g/mol. The Labute approximate surface area is 75.3 Å². The lowest BCUT2D eigenvalue weighted by molar-refractivity contribution is 0.443. The van der Waals surface area contributed by atoms with Gasteiger partial charge in [0.15, 0.2) is 0 Å². The van der Waals surface area contributed by atoms with Gasteiger partial charge in [-0.1, -0.05) is 12.2 Å². The van der Waals surface area contributed by atoms with E-state index in [1.807, 2.05) is 34.0 Å². The molecule has 2 nitrogen and oxygen atoms in total. The van der Waals surface area contributed by atoms with Crippen molar-refractivity contribution in [2.24, 2.45) is 4.99 Å². The Kier molecular flexibility index (Phi) is 5.30. The lowest BCUT2D eigenvalue weighted by atomic mass is 10.2. The molecule has 0 atom stereocenters. The summed E-state index contributed by atoms with van der Waals surface area (Å²) in [6.45, 7) is 8.57. The fraction of sp³-hybridized carbons (Fsp3) is 0.500. The molecule has 0 rings (SSSR count). The molecule has 0 aliphatic rings. The largest absolute Gasteiger partial charge is 0.304 e. The van der Waals surface area contributed by atoms with Gasteiger partial charge in [0, 0.05) is 12.8 Å². The smallest absolute Gasteiger partial charge is 0.0542 e. The van der Waals surface area contributed by atoms with E-state index in [0.717, 1.165) is 17.8 Å². The maximum Gasteiger partial charge on any atom is 0.0542 e. The second-order valence-corrected chi connectivity index (χ2v) is 3.11. The van der Waals surface area contributed by atoms with Crippen LogP contribution in [0.25, 0.3) is 0 Å². The molecule has 0 heterocycles. The van der Waals surface area contributed by atoms with Gasteiger partial charge in [-0.05, 0) is 34.0 Å². The minimum atomic E-state index is 0.858. The molecule has 0 aliphatic heterocycles. The van der Waals surface area contributed by atoms with E-state index in [9.17, 15) is 0 Å². The van der Waals surface area contributed by atoms with E-state index in [2.05, 4.69) is 16.5 Å². The molecule has 0 amide bonds. The molecule has 0 N–H and O–H groups in total. The summed E-state index contributed by atoms with van der Waals surface area (Å²) in [5.74, 6) is 0. The molecule has 0 aromatic rings. The van der Waals surface area contributed by atoms with E-state index < -0.39 is 0 Å². The first-order valence-corrected chi connectivity index (χ1v) is 4.05. The van der Waals surface area contributed by atoms with E-state index in [-0.39, 0.29) is 0 Å². The standard InChI is InChI=1S/C10H18N2/c1-6-11-10(7-9(2)3)8-12(4)5/h6-7H,2,8H2,1,3-5H3/b10-7-,11-6?. The third kappa shape index (κ3) is 5.86. The Morgan fingerprint density at radius 3 is 2.42 bits per heavy atom. The predicted octanol–water partition coefficient (Wildman–Crippen LogP) is 2.10. The highest BCUT2D eigenvalue weighted by Crippen LogP contribution is 2.02. The Hall–Kier alpha value is -0.890. The van der Waals surface area contributed by atoms with Crippen LogP contribution >= 0.6 is 0 Å². The minimum Gasteiger partial charge on any atom is -0.304 e. The van der Waals surface area contributed by atoms with Crippen LogP contribution in [0.5, 0.6) is 0 Å². The van der Waals surface area contributed by atoms with Crippen LogP contribution in [0.3, 0.4) is 0 Å². The molecular formula is C10H18N2. The van der Waals surface area contributed by atoms with Crippen molar-refractivity contribution in [3.63, 3.8) is 0 Å². The van der Waals surface area contributed by atoms with E-state index in [1.165, 1.54) is 0 Å². The second-order valence-electron chi connectivity index (χ2n) is 3.11.